The Labute approximate surface area is 183 Å². The van der Waals surface area contributed by atoms with Gasteiger partial charge in [-0.3, -0.25) is 9.59 Å². The average Bonchev–Trinajstić information content (AvgIpc) is 3.33. The van der Waals surface area contributed by atoms with Crippen LogP contribution in [0.2, 0.25) is 0 Å². The molecule has 0 saturated carbocycles. The van der Waals surface area contributed by atoms with Crippen LogP contribution < -0.4 is 19.5 Å². The van der Waals surface area contributed by atoms with Crippen LogP contribution in [0.15, 0.2) is 42.5 Å². The Balaban J connectivity index is 1.76. The number of hydrogen-bond donors (Lipinski definition) is 1. The number of nitrogens with zero attached hydrogens (tertiary/aromatic N) is 1. The second-order valence-corrected chi connectivity index (χ2v) is 7.55. The number of methoxy groups -OCH3 is 3. The third-order valence-electron chi connectivity index (χ3n) is 5.42. The lowest BCUT2D eigenvalue weighted by molar-refractivity contribution is -0.135. The minimum absolute atomic E-state index is 0.0282. The van der Waals surface area contributed by atoms with E-state index in [-0.39, 0.29) is 18.2 Å². The molecule has 1 heterocycles. The summed E-state index contributed by atoms with van der Waals surface area (Å²) in [6, 6.07) is 12.6. The van der Waals surface area contributed by atoms with Gasteiger partial charge in [0.25, 0.3) is 0 Å². The summed E-state index contributed by atoms with van der Waals surface area (Å²) in [7, 11) is 4.60. The van der Waals surface area contributed by atoms with E-state index in [9.17, 15) is 9.59 Å². The molecule has 2 aromatic rings. The third kappa shape index (κ3) is 5.69. The number of amides is 2. The molecule has 166 valence electrons. The monoisotopic (exact) mass is 426 g/mol. The van der Waals surface area contributed by atoms with Gasteiger partial charge in [-0.1, -0.05) is 30.3 Å². The van der Waals surface area contributed by atoms with E-state index < -0.39 is 6.04 Å². The van der Waals surface area contributed by atoms with Crippen LogP contribution in [0.4, 0.5) is 0 Å². The van der Waals surface area contributed by atoms with Crippen LogP contribution in [-0.2, 0) is 22.4 Å². The first-order valence-electron chi connectivity index (χ1n) is 10.5. The molecule has 7 heteroatoms. The van der Waals surface area contributed by atoms with Crippen molar-refractivity contribution in [2.24, 2.45) is 0 Å². The quantitative estimate of drug-likeness (QED) is 0.667. The summed E-state index contributed by atoms with van der Waals surface area (Å²) >= 11 is 0. The molecule has 0 aliphatic carbocycles. The van der Waals surface area contributed by atoms with Crippen LogP contribution in [0.5, 0.6) is 17.2 Å². The molecule has 1 fully saturated rings. The third-order valence-corrected chi connectivity index (χ3v) is 5.42. The largest absolute Gasteiger partial charge is 0.493 e. The lowest BCUT2D eigenvalue weighted by Crippen LogP contribution is -2.49. The van der Waals surface area contributed by atoms with E-state index in [0.29, 0.717) is 29.2 Å². The zero-order chi connectivity index (χ0) is 22.2. The van der Waals surface area contributed by atoms with Crippen molar-refractivity contribution in [3.8, 4) is 17.2 Å². The molecule has 1 aliphatic heterocycles. The summed E-state index contributed by atoms with van der Waals surface area (Å²) in [6.45, 7) is 1.49. The van der Waals surface area contributed by atoms with Gasteiger partial charge in [0.1, 0.15) is 6.04 Å². The number of nitrogens with one attached hydrogen (secondary N) is 1. The van der Waals surface area contributed by atoms with Crippen molar-refractivity contribution >= 4 is 11.8 Å². The molecule has 0 aromatic heterocycles. The molecule has 0 bridgehead atoms. The highest BCUT2D eigenvalue weighted by atomic mass is 16.5. The lowest BCUT2D eigenvalue weighted by atomic mass is 10.0. The van der Waals surface area contributed by atoms with Crippen molar-refractivity contribution in [1.29, 1.82) is 0 Å². The minimum atomic E-state index is -0.602. The van der Waals surface area contributed by atoms with Gasteiger partial charge in [-0.2, -0.15) is 0 Å². The van der Waals surface area contributed by atoms with Crippen molar-refractivity contribution in [2.75, 3.05) is 34.4 Å². The maximum Gasteiger partial charge on any atom is 0.245 e. The molecule has 1 N–H and O–H groups in total. The molecular weight excluding hydrogens is 396 g/mol. The molecule has 2 amide bonds. The SMILES string of the molecule is COc1cc(CC(=O)NC(Cc2ccccc2)C(=O)N2CCCC2)cc(OC)c1OC. The molecule has 1 atom stereocenters. The lowest BCUT2D eigenvalue weighted by Gasteiger charge is -2.24. The van der Waals surface area contributed by atoms with Crippen LogP contribution in [-0.4, -0.2) is 57.2 Å². The summed E-state index contributed by atoms with van der Waals surface area (Å²) in [4.78, 5) is 27.8. The summed E-state index contributed by atoms with van der Waals surface area (Å²) in [5.41, 5.74) is 1.72. The Bertz CT molecular complexity index is 869. The van der Waals surface area contributed by atoms with Gasteiger partial charge in [0.15, 0.2) is 11.5 Å². The minimum Gasteiger partial charge on any atom is -0.493 e. The Morgan fingerprint density at radius 1 is 0.935 bits per heavy atom. The van der Waals surface area contributed by atoms with Gasteiger partial charge in [0, 0.05) is 19.5 Å². The zero-order valence-electron chi connectivity index (χ0n) is 18.3. The van der Waals surface area contributed by atoms with Crippen molar-refractivity contribution in [3.63, 3.8) is 0 Å². The molecule has 1 unspecified atom stereocenters. The average molecular weight is 427 g/mol. The van der Waals surface area contributed by atoms with E-state index in [0.717, 1.165) is 31.5 Å². The van der Waals surface area contributed by atoms with Crippen LogP contribution in [0.25, 0.3) is 0 Å². The topological polar surface area (TPSA) is 77.1 Å². The number of hydrogen-bond acceptors (Lipinski definition) is 5. The van der Waals surface area contributed by atoms with E-state index in [4.69, 9.17) is 14.2 Å². The second-order valence-electron chi connectivity index (χ2n) is 7.55. The number of carbonyl (C=O) groups excluding carboxylic acids is 2. The van der Waals surface area contributed by atoms with E-state index in [1.807, 2.05) is 35.2 Å². The normalized spacial score (nSPS) is 14.1. The van der Waals surface area contributed by atoms with Crippen LogP contribution in [0.1, 0.15) is 24.0 Å². The molecule has 2 aromatic carbocycles. The van der Waals surface area contributed by atoms with Crippen molar-refractivity contribution in [1.82, 2.24) is 10.2 Å². The number of ether oxygens (including phenoxy) is 3. The van der Waals surface area contributed by atoms with Crippen molar-refractivity contribution in [3.05, 3.63) is 53.6 Å². The van der Waals surface area contributed by atoms with Gasteiger partial charge in [0.05, 0.1) is 27.8 Å². The van der Waals surface area contributed by atoms with Gasteiger partial charge in [0.2, 0.25) is 17.6 Å². The van der Waals surface area contributed by atoms with E-state index >= 15 is 0 Å². The van der Waals surface area contributed by atoms with Gasteiger partial charge in [-0.05, 0) is 36.1 Å². The van der Waals surface area contributed by atoms with Crippen LogP contribution in [0, 0.1) is 0 Å². The van der Waals surface area contributed by atoms with Gasteiger partial charge in [-0.15, -0.1) is 0 Å². The predicted octanol–water partition coefficient (Wildman–Crippen LogP) is 2.60. The standard InChI is InChI=1S/C24H30N2O5/c1-29-20-14-18(15-21(30-2)23(20)31-3)16-22(27)25-19(13-17-9-5-4-6-10-17)24(28)26-11-7-8-12-26/h4-6,9-10,14-15,19H,7-8,11-13,16H2,1-3H3,(H,25,27). The molecule has 31 heavy (non-hydrogen) atoms. The fourth-order valence-electron chi connectivity index (χ4n) is 3.88. The Hall–Kier alpha value is -3.22. The van der Waals surface area contributed by atoms with E-state index in [1.165, 1.54) is 21.3 Å². The summed E-state index contributed by atoms with van der Waals surface area (Å²) in [6.07, 6.45) is 2.55. The van der Waals surface area contributed by atoms with Gasteiger partial charge >= 0.3 is 0 Å². The van der Waals surface area contributed by atoms with Gasteiger partial charge in [-0.25, -0.2) is 0 Å². The maximum atomic E-state index is 13.1. The van der Waals surface area contributed by atoms with Crippen LogP contribution >= 0.6 is 0 Å². The first kappa shape index (κ1) is 22.5. The molecule has 0 radical (unpaired) electrons. The molecule has 7 nitrogen and oxygen atoms in total. The Morgan fingerprint density at radius 3 is 2.10 bits per heavy atom. The van der Waals surface area contributed by atoms with Crippen molar-refractivity contribution < 1.29 is 23.8 Å². The zero-order valence-corrected chi connectivity index (χ0v) is 18.3. The number of likely N-dealkylation sites (tertiary alicyclic amines) is 1. The summed E-state index contributed by atoms with van der Waals surface area (Å²) < 4.78 is 16.1. The molecule has 1 saturated heterocycles. The van der Waals surface area contributed by atoms with Crippen LogP contribution in [0.3, 0.4) is 0 Å². The second kappa shape index (κ2) is 10.7. The van der Waals surface area contributed by atoms with Crippen molar-refractivity contribution in [2.45, 2.75) is 31.7 Å². The highest BCUT2D eigenvalue weighted by molar-refractivity contribution is 5.89. The van der Waals surface area contributed by atoms with Gasteiger partial charge < -0.3 is 24.4 Å². The summed E-state index contributed by atoms with van der Waals surface area (Å²) in [5.74, 6) is 1.18. The predicted molar refractivity (Wildman–Crippen MR) is 118 cm³/mol. The molecule has 0 spiro atoms. The smallest absolute Gasteiger partial charge is 0.245 e. The maximum absolute atomic E-state index is 13.1. The van der Waals surface area contributed by atoms with E-state index in [1.54, 1.807) is 12.1 Å². The first-order chi connectivity index (χ1) is 15.0. The van der Waals surface area contributed by atoms with E-state index in [2.05, 4.69) is 5.32 Å². The number of benzene rings is 2. The fourth-order valence-corrected chi connectivity index (χ4v) is 3.88. The molecular formula is C24H30N2O5. The highest BCUT2D eigenvalue weighted by Gasteiger charge is 2.28. The number of carbonyl (C=O) groups is 2. The molecule has 1 aliphatic rings. The Kier molecular flexibility index (Phi) is 7.76. The summed E-state index contributed by atoms with van der Waals surface area (Å²) in [5, 5.41) is 2.95. The fraction of sp³-hybridized carbons (Fsp3) is 0.417. The Morgan fingerprint density at radius 2 is 1.55 bits per heavy atom. The number of rotatable bonds is 9. The first-order valence-corrected chi connectivity index (χ1v) is 10.5. The molecule has 3 rings (SSSR count). The highest BCUT2D eigenvalue weighted by Crippen LogP contribution is 2.38.